The molecule has 0 spiro atoms. The van der Waals surface area contributed by atoms with E-state index in [-0.39, 0.29) is 11.9 Å². The number of ether oxygens (including phenoxy) is 1. The quantitative estimate of drug-likeness (QED) is 0.608. The van der Waals surface area contributed by atoms with Crippen LogP contribution in [-0.2, 0) is 11.2 Å². The molecule has 0 radical (unpaired) electrons. The van der Waals surface area contributed by atoms with E-state index in [1.165, 1.54) is 0 Å². The number of anilines is 4. The first kappa shape index (κ1) is 21.1. The number of aromatic hydroxyl groups is 1. The van der Waals surface area contributed by atoms with Crippen molar-refractivity contribution in [2.45, 2.75) is 18.9 Å². The summed E-state index contributed by atoms with van der Waals surface area (Å²) < 4.78 is 5.53. The Morgan fingerprint density at radius 1 is 0.971 bits per heavy atom. The summed E-state index contributed by atoms with van der Waals surface area (Å²) >= 11 is 0. The van der Waals surface area contributed by atoms with E-state index in [4.69, 9.17) is 14.7 Å². The highest BCUT2D eigenvalue weighted by atomic mass is 16.5. The Hall–Kier alpha value is -3.43. The zero-order valence-corrected chi connectivity index (χ0v) is 19.0. The third-order valence-corrected chi connectivity index (χ3v) is 6.76. The van der Waals surface area contributed by atoms with Gasteiger partial charge in [-0.2, -0.15) is 4.98 Å². The maximum absolute atomic E-state index is 10.1. The van der Waals surface area contributed by atoms with E-state index in [0.29, 0.717) is 25.7 Å². The Balaban J connectivity index is 1.42. The average Bonchev–Trinajstić information content (AvgIpc) is 3.50. The zero-order valence-electron chi connectivity index (χ0n) is 19.0. The minimum Gasteiger partial charge on any atom is -0.508 e. The summed E-state index contributed by atoms with van der Waals surface area (Å²) in [7, 11) is 0. The average molecular weight is 461 g/mol. The predicted molar refractivity (Wildman–Crippen MR) is 130 cm³/mol. The van der Waals surface area contributed by atoms with Crippen LogP contribution in [0, 0.1) is 0 Å². The number of hydrogen-bond acceptors (Lipinski definition) is 9. The molecule has 0 aliphatic carbocycles. The Bertz CT molecular complexity index is 1200. The summed E-state index contributed by atoms with van der Waals surface area (Å²) in [6, 6.07) is 11.4. The summed E-state index contributed by atoms with van der Waals surface area (Å²) in [5.74, 6) is 2.68. The van der Waals surface area contributed by atoms with Crippen molar-refractivity contribution in [1.29, 1.82) is 0 Å². The lowest BCUT2D eigenvalue weighted by Gasteiger charge is -2.28. The van der Waals surface area contributed by atoms with Gasteiger partial charge in [0.05, 0.1) is 25.0 Å². The molecule has 3 aromatic rings. The van der Waals surface area contributed by atoms with E-state index >= 15 is 0 Å². The van der Waals surface area contributed by atoms with Gasteiger partial charge in [0.1, 0.15) is 17.4 Å². The first-order chi connectivity index (χ1) is 16.7. The summed E-state index contributed by atoms with van der Waals surface area (Å²) in [5, 5.41) is 20.1. The predicted octanol–water partition coefficient (Wildman–Crippen LogP) is 2.35. The Morgan fingerprint density at radius 3 is 2.65 bits per heavy atom. The number of phenols is 1. The molecule has 3 aliphatic heterocycles. The number of pyridine rings is 1. The van der Waals surface area contributed by atoms with Crippen LogP contribution in [0.25, 0.3) is 11.3 Å². The van der Waals surface area contributed by atoms with Gasteiger partial charge in [0.25, 0.3) is 0 Å². The number of hydrogen-bond donors (Lipinski definition) is 2. The normalized spacial score (nSPS) is 20.1. The van der Waals surface area contributed by atoms with Gasteiger partial charge in [0.2, 0.25) is 5.95 Å². The van der Waals surface area contributed by atoms with E-state index < -0.39 is 0 Å². The number of aliphatic hydroxyl groups excluding tert-OH is 1. The Morgan fingerprint density at radius 2 is 1.85 bits per heavy atom. The highest BCUT2D eigenvalue weighted by Gasteiger charge is 2.30. The van der Waals surface area contributed by atoms with Crippen LogP contribution < -0.4 is 14.7 Å². The molecule has 0 saturated carbocycles. The van der Waals surface area contributed by atoms with Gasteiger partial charge in [-0.15, -0.1) is 0 Å². The number of morpholine rings is 1. The second kappa shape index (κ2) is 8.73. The van der Waals surface area contributed by atoms with Crippen molar-refractivity contribution in [3.05, 3.63) is 48.2 Å². The molecule has 0 bridgehead atoms. The van der Waals surface area contributed by atoms with Crippen LogP contribution in [0.4, 0.5) is 23.3 Å². The number of phenolic OH excluding ortho intramolecular Hbond substituents is 1. The molecule has 2 aromatic heterocycles. The van der Waals surface area contributed by atoms with Crippen molar-refractivity contribution >= 4 is 23.3 Å². The number of aliphatic hydroxyl groups is 1. The largest absolute Gasteiger partial charge is 0.508 e. The number of nitrogens with zero attached hydrogens (tertiary/aromatic N) is 6. The molecular weight excluding hydrogens is 432 g/mol. The van der Waals surface area contributed by atoms with Crippen molar-refractivity contribution in [1.82, 2.24) is 15.0 Å². The topological polar surface area (TPSA) is 98.1 Å². The zero-order chi connectivity index (χ0) is 23.1. The van der Waals surface area contributed by atoms with Crippen molar-refractivity contribution in [2.24, 2.45) is 0 Å². The monoisotopic (exact) mass is 460 g/mol. The van der Waals surface area contributed by atoms with Crippen LogP contribution in [-0.4, -0.2) is 77.2 Å². The van der Waals surface area contributed by atoms with Crippen molar-refractivity contribution in [3.63, 3.8) is 0 Å². The SMILES string of the molecule is Oc1cccc(-c2nc(N3CCOCC3)nc3c2CCN3c2ccnc(N3CCC(O)C3)c2)c1. The number of β-amino-alcohol motifs (C(OH)–C–C–N with tert-alkyl or cyclic N) is 1. The van der Waals surface area contributed by atoms with E-state index in [2.05, 4.69) is 25.8 Å². The van der Waals surface area contributed by atoms with E-state index in [1.54, 1.807) is 12.1 Å². The van der Waals surface area contributed by atoms with Crippen LogP contribution in [0.3, 0.4) is 0 Å². The van der Waals surface area contributed by atoms with Crippen molar-refractivity contribution in [3.8, 4) is 17.0 Å². The minimum atomic E-state index is -0.299. The second-order valence-electron chi connectivity index (χ2n) is 8.99. The van der Waals surface area contributed by atoms with Gasteiger partial charge in [0, 0.05) is 61.8 Å². The van der Waals surface area contributed by atoms with E-state index in [9.17, 15) is 10.2 Å². The first-order valence-corrected chi connectivity index (χ1v) is 11.9. The maximum Gasteiger partial charge on any atom is 0.228 e. The van der Waals surface area contributed by atoms with Crippen LogP contribution in [0.5, 0.6) is 5.75 Å². The minimum absolute atomic E-state index is 0.221. The van der Waals surface area contributed by atoms with Crippen molar-refractivity contribution < 1.29 is 14.9 Å². The van der Waals surface area contributed by atoms with E-state index in [0.717, 1.165) is 73.2 Å². The Labute approximate surface area is 198 Å². The first-order valence-electron chi connectivity index (χ1n) is 11.9. The van der Waals surface area contributed by atoms with Gasteiger partial charge in [0.15, 0.2) is 0 Å². The molecule has 1 aromatic carbocycles. The van der Waals surface area contributed by atoms with Gasteiger partial charge in [-0.1, -0.05) is 12.1 Å². The molecule has 0 amide bonds. The van der Waals surface area contributed by atoms with Crippen molar-refractivity contribution in [2.75, 3.05) is 60.6 Å². The number of rotatable bonds is 4. The molecule has 5 heterocycles. The summed E-state index contributed by atoms with van der Waals surface area (Å²) in [6.45, 7) is 5.00. The lowest BCUT2D eigenvalue weighted by Crippen LogP contribution is -2.37. The number of benzene rings is 1. The van der Waals surface area contributed by atoms with Gasteiger partial charge in [-0.3, -0.25) is 0 Å². The molecule has 3 aliphatic rings. The molecule has 1 unspecified atom stereocenters. The van der Waals surface area contributed by atoms with Crippen LogP contribution in [0.1, 0.15) is 12.0 Å². The smallest absolute Gasteiger partial charge is 0.228 e. The number of aromatic nitrogens is 3. The van der Waals surface area contributed by atoms with Gasteiger partial charge >= 0.3 is 0 Å². The fraction of sp³-hybridized carbons (Fsp3) is 0.400. The summed E-state index contributed by atoms with van der Waals surface area (Å²) in [6.07, 6.45) is 3.10. The Kier molecular flexibility index (Phi) is 5.43. The highest BCUT2D eigenvalue weighted by molar-refractivity contribution is 5.78. The molecule has 1 atom stereocenters. The molecule has 9 heteroatoms. The molecule has 9 nitrogen and oxygen atoms in total. The second-order valence-corrected chi connectivity index (χ2v) is 8.99. The molecule has 2 N–H and O–H groups in total. The third-order valence-electron chi connectivity index (χ3n) is 6.76. The summed E-state index contributed by atoms with van der Waals surface area (Å²) in [5.41, 5.74) is 3.86. The van der Waals surface area contributed by atoms with Gasteiger partial charge in [-0.05, 0) is 31.0 Å². The molecule has 2 saturated heterocycles. The fourth-order valence-corrected chi connectivity index (χ4v) is 4.99. The standard InChI is InChI=1S/C25H28N6O3/c32-19-3-1-2-17(14-19)23-21-6-9-31(24(21)28-25(27-23)29-10-12-34-13-11-29)18-4-7-26-22(15-18)30-8-5-20(33)16-30/h1-4,7,14-15,20,32-33H,5-6,8-13,16H2. The number of fused-ring (bicyclic) bond motifs is 1. The van der Waals surface area contributed by atoms with Gasteiger partial charge < -0.3 is 29.6 Å². The highest BCUT2D eigenvalue weighted by Crippen LogP contribution is 2.40. The maximum atomic E-state index is 10.1. The molecule has 176 valence electrons. The van der Waals surface area contributed by atoms with Crippen LogP contribution >= 0.6 is 0 Å². The van der Waals surface area contributed by atoms with Crippen LogP contribution in [0.2, 0.25) is 0 Å². The van der Waals surface area contributed by atoms with Gasteiger partial charge in [-0.25, -0.2) is 9.97 Å². The molecule has 34 heavy (non-hydrogen) atoms. The van der Waals surface area contributed by atoms with E-state index in [1.807, 2.05) is 24.4 Å². The third kappa shape index (κ3) is 3.91. The lowest BCUT2D eigenvalue weighted by atomic mass is 10.1. The lowest BCUT2D eigenvalue weighted by molar-refractivity contribution is 0.122. The molecular formula is C25H28N6O3. The fourth-order valence-electron chi connectivity index (χ4n) is 4.99. The molecule has 2 fully saturated rings. The van der Waals surface area contributed by atoms with Crippen LogP contribution in [0.15, 0.2) is 42.6 Å². The molecule has 6 rings (SSSR count). The summed E-state index contributed by atoms with van der Waals surface area (Å²) in [4.78, 5) is 21.1.